The van der Waals surface area contributed by atoms with E-state index in [9.17, 15) is 4.79 Å². The molecule has 3 atom stereocenters. The molecule has 1 aliphatic rings. The summed E-state index contributed by atoms with van der Waals surface area (Å²) in [5.74, 6) is 0.301. The van der Waals surface area contributed by atoms with Crippen molar-refractivity contribution < 1.29 is 9.90 Å². The second-order valence-electron chi connectivity index (χ2n) is 3.50. The fraction of sp³-hybridized carbons (Fsp3) is 0.875. The maximum Gasteiger partial charge on any atom is 0.306 e. The third-order valence-electron chi connectivity index (χ3n) is 2.43. The Morgan fingerprint density at radius 3 is 2.20 bits per heavy atom. The first kappa shape index (κ1) is 7.58. The number of rotatable bonds is 1. The molecule has 58 valence electrons. The zero-order valence-corrected chi connectivity index (χ0v) is 6.50. The molecule has 0 aromatic heterocycles. The number of carbonyl (C=O) groups is 1. The Morgan fingerprint density at radius 2 is 2.00 bits per heavy atom. The lowest BCUT2D eigenvalue weighted by molar-refractivity contribution is -0.142. The Bertz CT molecular complexity index is 142. The predicted octanol–water partition coefficient (Wildman–Crippen LogP) is 1.75. The quantitative estimate of drug-likeness (QED) is 0.605. The van der Waals surface area contributed by atoms with Crippen LogP contribution in [0, 0.1) is 17.8 Å². The highest BCUT2D eigenvalue weighted by atomic mass is 16.4. The van der Waals surface area contributed by atoms with Gasteiger partial charge in [0.05, 0.1) is 5.92 Å². The second kappa shape index (κ2) is 2.60. The molecule has 1 aliphatic carbocycles. The number of hydrogen-bond acceptors (Lipinski definition) is 1. The van der Waals surface area contributed by atoms with Crippen LogP contribution in [0.4, 0.5) is 0 Å². The van der Waals surface area contributed by atoms with Crippen LogP contribution >= 0.6 is 0 Å². The highest BCUT2D eigenvalue weighted by Gasteiger charge is 2.33. The van der Waals surface area contributed by atoms with Gasteiger partial charge in [-0.3, -0.25) is 4.79 Å². The fourth-order valence-corrected chi connectivity index (χ4v) is 1.91. The monoisotopic (exact) mass is 142 g/mol. The van der Waals surface area contributed by atoms with E-state index in [1.165, 1.54) is 0 Å². The van der Waals surface area contributed by atoms with E-state index < -0.39 is 5.97 Å². The Morgan fingerprint density at radius 1 is 1.40 bits per heavy atom. The van der Waals surface area contributed by atoms with Crippen LogP contribution in [-0.4, -0.2) is 11.1 Å². The van der Waals surface area contributed by atoms with Gasteiger partial charge in [0.25, 0.3) is 0 Å². The van der Waals surface area contributed by atoms with Crippen molar-refractivity contribution in [2.45, 2.75) is 26.7 Å². The summed E-state index contributed by atoms with van der Waals surface area (Å²) in [7, 11) is 0. The molecule has 2 heteroatoms. The normalized spacial score (nSPS) is 40.0. The Labute approximate surface area is 61.2 Å². The van der Waals surface area contributed by atoms with Crippen LogP contribution < -0.4 is 0 Å². The molecule has 2 nitrogen and oxygen atoms in total. The zero-order valence-electron chi connectivity index (χ0n) is 6.50. The SMILES string of the molecule is C[C@H]1CC(C(=O)O)[C@@H](C)C1. The molecule has 1 unspecified atom stereocenters. The molecule has 0 aromatic rings. The van der Waals surface area contributed by atoms with E-state index in [0.29, 0.717) is 11.8 Å². The Kier molecular flexibility index (Phi) is 1.97. The van der Waals surface area contributed by atoms with Crippen molar-refractivity contribution in [1.29, 1.82) is 0 Å². The lowest BCUT2D eigenvalue weighted by Gasteiger charge is -2.07. The molecule has 0 amide bonds. The highest BCUT2D eigenvalue weighted by Crippen LogP contribution is 2.35. The molecule has 1 saturated carbocycles. The van der Waals surface area contributed by atoms with Gasteiger partial charge in [-0.2, -0.15) is 0 Å². The molecule has 0 saturated heterocycles. The van der Waals surface area contributed by atoms with E-state index in [0.717, 1.165) is 12.8 Å². The summed E-state index contributed by atoms with van der Waals surface area (Å²) < 4.78 is 0. The van der Waals surface area contributed by atoms with E-state index in [4.69, 9.17) is 5.11 Å². The average Bonchev–Trinajstić information content (AvgIpc) is 2.10. The van der Waals surface area contributed by atoms with Crippen molar-refractivity contribution >= 4 is 5.97 Å². The first-order chi connectivity index (χ1) is 4.61. The highest BCUT2D eigenvalue weighted by molar-refractivity contribution is 5.70. The number of hydrogen-bond donors (Lipinski definition) is 1. The van der Waals surface area contributed by atoms with E-state index in [1.54, 1.807) is 0 Å². The van der Waals surface area contributed by atoms with Gasteiger partial charge in [0.2, 0.25) is 0 Å². The molecule has 0 aliphatic heterocycles. The summed E-state index contributed by atoms with van der Waals surface area (Å²) in [4.78, 5) is 10.6. The van der Waals surface area contributed by atoms with Crippen LogP contribution in [0.3, 0.4) is 0 Å². The maximum absolute atomic E-state index is 10.6. The Balaban J connectivity index is 2.54. The fourth-order valence-electron chi connectivity index (χ4n) is 1.91. The summed E-state index contributed by atoms with van der Waals surface area (Å²) in [6.07, 6.45) is 1.95. The smallest absolute Gasteiger partial charge is 0.306 e. The minimum Gasteiger partial charge on any atom is -0.481 e. The van der Waals surface area contributed by atoms with Gasteiger partial charge in [-0.15, -0.1) is 0 Å². The molecule has 0 heterocycles. The molecule has 10 heavy (non-hydrogen) atoms. The first-order valence-electron chi connectivity index (χ1n) is 3.84. The molecule has 1 rings (SSSR count). The summed E-state index contributed by atoms with van der Waals surface area (Å²) in [6.45, 7) is 4.15. The first-order valence-corrected chi connectivity index (χ1v) is 3.84. The standard InChI is InChI=1S/C8H14O2/c1-5-3-6(2)7(4-5)8(9)10/h5-7H,3-4H2,1-2H3,(H,9,10)/t5-,6+,7?/m1/s1. The van der Waals surface area contributed by atoms with E-state index in [2.05, 4.69) is 6.92 Å². The average molecular weight is 142 g/mol. The molecule has 0 aromatic carbocycles. The van der Waals surface area contributed by atoms with Gasteiger partial charge in [0, 0.05) is 0 Å². The number of carboxylic acid groups (broad SMARTS) is 1. The van der Waals surface area contributed by atoms with Crippen molar-refractivity contribution in [2.75, 3.05) is 0 Å². The van der Waals surface area contributed by atoms with Crippen LogP contribution in [0.15, 0.2) is 0 Å². The summed E-state index contributed by atoms with van der Waals surface area (Å²) in [6, 6.07) is 0. The lowest BCUT2D eigenvalue weighted by Crippen LogP contribution is -2.15. The molecule has 0 radical (unpaired) electrons. The van der Waals surface area contributed by atoms with E-state index in [1.807, 2.05) is 6.92 Å². The van der Waals surface area contributed by atoms with Crippen molar-refractivity contribution in [3.63, 3.8) is 0 Å². The third-order valence-corrected chi connectivity index (χ3v) is 2.43. The van der Waals surface area contributed by atoms with Gasteiger partial charge in [-0.25, -0.2) is 0 Å². The summed E-state index contributed by atoms with van der Waals surface area (Å²) in [5.41, 5.74) is 0. The molecule has 0 spiro atoms. The molecule has 1 fully saturated rings. The summed E-state index contributed by atoms with van der Waals surface area (Å²) in [5, 5.41) is 8.70. The van der Waals surface area contributed by atoms with Gasteiger partial charge in [0.15, 0.2) is 0 Å². The van der Waals surface area contributed by atoms with Crippen LogP contribution in [-0.2, 0) is 4.79 Å². The summed E-state index contributed by atoms with van der Waals surface area (Å²) >= 11 is 0. The minimum atomic E-state index is -0.614. The van der Waals surface area contributed by atoms with Crippen molar-refractivity contribution in [2.24, 2.45) is 17.8 Å². The Hall–Kier alpha value is -0.530. The molecule has 1 N–H and O–H groups in total. The maximum atomic E-state index is 10.6. The van der Waals surface area contributed by atoms with Crippen molar-refractivity contribution in [3.8, 4) is 0 Å². The predicted molar refractivity (Wildman–Crippen MR) is 38.7 cm³/mol. The number of carboxylic acids is 1. The lowest BCUT2D eigenvalue weighted by atomic mass is 9.99. The molecule has 0 bridgehead atoms. The van der Waals surface area contributed by atoms with Crippen LogP contribution in [0.5, 0.6) is 0 Å². The largest absolute Gasteiger partial charge is 0.481 e. The second-order valence-corrected chi connectivity index (χ2v) is 3.50. The van der Waals surface area contributed by atoms with Gasteiger partial charge in [0.1, 0.15) is 0 Å². The number of aliphatic carboxylic acids is 1. The van der Waals surface area contributed by atoms with Crippen LogP contribution in [0.2, 0.25) is 0 Å². The van der Waals surface area contributed by atoms with E-state index in [-0.39, 0.29) is 5.92 Å². The molecular weight excluding hydrogens is 128 g/mol. The van der Waals surface area contributed by atoms with Crippen LogP contribution in [0.25, 0.3) is 0 Å². The van der Waals surface area contributed by atoms with Crippen LogP contribution in [0.1, 0.15) is 26.7 Å². The minimum absolute atomic E-state index is 0.0741. The van der Waals surface area contributed by atoms with Crippen molar-refractivity contribution in [3.05, 3.63) is 0 Å². The van der Waals surface area contributed by atoms with Gasteiger partial charge in [-0.1, -0.05) is 13.8 Å². The van der Waals surface area contributed by atoms with Gasteiger partial charge in [-0.05, 0) is 24.7 Å². The third kappa shape index (κ3) is 1.31. The van der Waals surface area contributed by atoms with Crippen molar-refractivity contribution in [1.82, 2.24) is 0 Å². The van der Waals surface area contributed by atoms with E-state index >= 15 is 0 Å². The van der Waals surface area contributed by atoms with Gasteiger partial charge < -0.3 is 5.11 Å². The topological polar surface area (TPSA) is 37.3 Å². The molecular formula is C8H14O2. The zero-order chi connectivity index (χ0) is 7.72. The van der Waals surface area contributed by atoms with Gasteiger partial charge >= 0.3 is 5.97 Å².